The number of pyridine rings is 1. The van der Waals surface area contributed by atoms with Gasteiger partial charge in [-0.2, -0.15) is 0 Å². The Labute approximate surface area is 137 Å². The molecule has 0 radical (unpaired) electrons. The van der Waals surface area contributed by atoms with Gasteiger partial charge >= 0.3 is 0 Å². The molecule has 24 heavy (non-hydrogen) atoms. The standard InChI is InChI=1S/C17H19F2N3O2/c18-17(19)7-9-20-8-5-14(17)21-15(23)11-22-10-6-12-3-1-2-4-13(12)16(22)24/h1-4,6,10,14,20H,5,7-9,11H2,(H,21,23). The second-order valence-electron chi connectivity index (χ2n) is 6.01. The number of rotatable bonds is 3. The number of halogens is 2. The number of amides is 1. The first-order chi connectivity index (χ1) is 11.5. The molecule has 1 aromatic carbocycles. The van der Waals surface area contributed by atoms with E-state index in [2.05, 4.69) is 10.6 Å². The first-order valence-corrected chi connectivity index (χ1v) is 7.93. The topological polar surface area (TPSA) is 63.1 Å². The van der Waals surface area contributed by atoms with Gasteiger partial charge in [-0.05, 0) is 30.5 Å². The molecule has 0 bridgehead atoms. The monoisotopic (exact) mass is 335 g/mol. The fourth-order valence-corrected chi connectivity index (χ4v) is 2.94. The first kappa shape index (κ1) is 16.6. The Morgan fingerprint density at radius 1 is 1.29 bits per heavy atom. The van der Waals surface area contributed by atoms with Crippen LogP contribution < -0.4 is 16.2 Å². The largest absolute Gasteiger partial charge is 0.346 e. The number of carbonyl (C=O) groups excluding carboxylic acids is 1. The highest BCUT2D eigenvalue weighted by Crippen LogP contribution is 2.26. The molecule has 2 heterocycles. The molecule has 3 rings (SSSR count). The fraction of sp³-hybridized carbons (Fsp3) is 0.412. The summed E-state index contributed by atoms with van der Waals surface area (Å²) >= 11 is 0. The Kier molecular flexibility index (Phi) is 4.62. The van der Waals surface area contributed by atoms with Crippen molar-refractivity contribution < 1.29 is 13.6 Å². The molecule has 2 aromatic rings. The number of aromatic nitrogens is 1. The second kappa shape index (κ2) is 6.68. The SMILES string of the molecule is O=C(Cn1ccc2ccccc2c1=O)NC1CCNCCC1(F)F. The molecular weight excluding hydrogens is 316 g/mol. The van der Waals surface area contributed by atoms with Crippen LogP contribution in [0.3, 0.4) is 0 Å². The van der Waals surface area contributed by atoms with E-state index in [0.717, 1.165) is 5.39 Å². The van der Waals surface area contributed by atoms with E-state index in [1.165, 1.54) is 10.8 Å². The van der Waals surface area contributed by atoms with Crippen LogP contribution in [0.15, 0.2) is 41.3 Å². The highest BCUT2D eigenvalue weighted by Gasteiger charge is 2.40. The minimum atomic E-state index is -2.95. The Bertz CT molecular complexity index is 804. The highest BCUT2D eigenvalue weighted by atomic mass is 19.3. The van der Waals surface area contributed by atoms with Gasteiger partial charge in [0.15, 0.2) is 0 Å². The van der Waals surface area contributed by atoms with Crippen molar-refractivity contribution in [2.24, 2.45) is 0 Å². The normalized spacial score (nSPS) is 20.5. The number of benzene rings is 1. The van der Waals surface area contributed by atoms with Crippen molar-refractivity contribution in [1.82, 2.24) is 15.2 Å². The zero-order chi connectivity index (χ0) is 17.2. The summed E-state index contributed by atoms with van der Waals surface area (Å²) in [5.74, 6) is -3.54. The molecule has 2 N–H and O–H groups in total. The van der Waals surface area contributed by atoms with Crippen molar-refractivity contribution in [3.05, 3.63) is 46.9 Å². The third kappa shape index (κ3) is 3.46. The summed E-state index contributed by atoms with van der Waals surface area (Å²) in [7, 11) is 0. The van der Waals surface area contributed by atoms with E-state index in [9.17, 15) is 18.4 Å². The first-order valence-electron chi connectivity index (χ1n) is 7.93. The number of alkyl halides is 2. The maximum Gasteiger partial charge on any atom is 0.269 e. The molecule has 1 aliphatic heterocycles. The maximum atomic E-state index is 14.0. The number of carbonyl (C=O) groups is 1. The van der Waals surface area contributed by atoms with Crippen LogP contribution in [0.5, 0.6) is 0 Å². The smallest absolute Gasteiger partial charge is 0.269 e. The molecule has 1 aliphatic rings. The quantitative estimate of drug-likeness (QED) is 0.894. The Hall–Kier alpha value is -2.28. The molecular formula is C17H19F2N3O2. The van der Waals surface area contributed by atoms with E-state index in [0.29, 0.717) is 11.9 Å². The zero-order valence-corrected chi connectivity index (χ0v) is 13.1. The third-order valence-corrected chi connectivity index (χ3v) is 4.29. The van der Waals surface area contributed by atoms with Crippen molar-refractivity contribution in [2.45, 2.75) is 31.4 Å². The van der Waals surface area contributed by atoms with Crippen LogP contribution in [0.1, 0.15) is 12.8 Å². The maximum absolute atomic E-state index is 14.0. The Morgan fingerprint density at radius 2 is 2.08 bits per heavy atom. The van der Waals surface area contributed by atoms with Crippen LogP contribution in [0.4, 0.5) is 8.78 Å². The van der Waals surface area contributed by atoms with E-state index in [1.54, 1.807) is 24.3 Å². The molecule has 0 aliphatic carbocycles. The van der Waals surface area contributed by atoms with Gasteiger partial charge in [0, 0.05) is 24.5 Å². The molecule has 1 amide bonds. The van der Waals surface area contributed by atoms with Gasteiger partial charge in [-0.25, -0.2) is 8.78 Å². The number of fused-ring (bicyclic) bond motifs is 1. The van der Waals surface area contributed by atoms with Crippen LogP contribution in [-0.4, -0.2) is 35.5 Å². The molecule has 1 unspecified atom stereocenters. The highest BCUT2D eigenvalue weighted by molar-refractivity contribution is 5.82. The van der Waals surface area contributed by atoms with Gasteiger partial charge in [-0.15, -0.1) is 0 Å². The van der Waals surface area contributed by atoms with Crippen LogP contribution in [0.2, 0.25) is 0 Å². The lowest BCUT2D eigenvalue weighted by molar-refractivity contribution is -0.126. The fourth-order valence-electron chi connectivity index (χ4n) is 2.94. The molecule has 5 nitrogen and oxygen atoms in total. The number of hydrogen-bond donors (Lipinski definition) is 2. The van der Waals surface area contributed by atoms with Crippen LogP contribution >= 0.6 is 0 Å². The second-order valence-corrected chi connectivity index (χ2v) is 6.01. The molecule has 7 heteroatoms. The predicted molar refractivity (Wildman–Crippen MR) is 87.2 cm³/mol. The molecule has 1 fully saturated rings. The van der Waals surface area contributed by atoms with Gasteiger partial charge in [0.25, 0.3) is 11.5 Å². The molecule has 0 saturated carbocycles. The predicted octanol–water partition coefficient (Wildman–Crippen LogP) is 1.50. The number of nitrogens with one attached hydrogen (secondary N) is 2. The number of nitrogens with zero attached hydrogens (tertiary/aromatic N) is 1. The van der Waals surface area contributed by atoms with E-state index < -0.39 is 17.9 Å². The van der Waals surface area contributed by atoms with Crippen LogP contribution in [-0.2, 0) is 11.3 Å². The summed E-state index contributed by atoms with van der Waals surface area (Å²) in [5.41, 5.74) is -0.308. The number of hydrogen-bond acceptors (Lipinski definition) is 3. The van der Waals surface area contributed by atoms with Crippen molar-refractivity contribution in [2.75, 3.05) is 13.1 Å². The average molecular weight is 335 g/mol. The molecule has 128 valence electrons. The summed E-state index contributed by atoms with van der Waals surface area (Å²) in [6.45, 7) is 0.379. The van der Waals surface area contributed by atoms with Gasteiger partial charge in [-0.3, -0.25) is 9.59 Å². The zero-order valence-electron chi connectivity index (χ0n) is 13.1. The van der Waals surface area contributed by atoms with Gasteiger partial charge in [0.05, 0.1) is 6.04 Å². The summed E-state index contributed by atoms with van der Waals surface area (Å²) in [6.07, 6.45) is 1.36. The molecule has 1 saturated heterocycles. The van der Waals surface area contributed by atoms with E-state index in [1.807, 2.05) is 6.07 Å². The third-order valence-electron chi connectivity index (χ3n) is 4.29. The van der Waals surface area contributed by atoms with Gasteiger partial charge in [-0.1, -0.05) is 18.2 Å². The van der Waals surface area contributed by atoms with Gasteiger partial charge < -0.3 is 15.2 Å². The molecule has 1 atom stereocenters. The summed E-state index contributed by atoms with van der Waals surface area (Å²) in [4.78, 5) is 24.5. The van der Waals surface area contributed by atoms with Gasteiger partial charge in [0.1, 0.15) is 6.54 Å². The Morgan fingerprint density at radius 3 is 2.92 bits per heavy atom. The summed E-state index contributed by atoms with van der Waals surface area (Å²) < 4.78 is 29.2. The summed E-state index contributed by atoms with van der Waals surface area (Å²) in [5, 5.41) is 6.56. The van der Waals surface area contributed by atoms with Crippen LogP contribution in [0.25, 0.3) is 10.8 Å². The Balaban J connectivity index is 1.75. The van der Waals surface area contributed by atoms with Crippen molar-refractivity contribution in [1.29, 1.82) is 0 Å². The minimum absolute atomic E-state index is 0.158. The van der Waals surface area contributed by atoms with E-state index in [4.69, 9.17) is 0 Å². The van der Waals surface area contributed by atoms with Crippen molar-refractivity contribution in [3.8, 4) is 0 Å². The van der Waals surface area contributed by atoms with Crippen LogP contribution in [0, 0.1) is 0 Å². The molecule has 1 aromatic heterocycles. The lowest BCUT2D eigenvalue weighted by Crippen LogP contribution is -2.49. The average Bonchev–Trinajstić information content (AvgIpc) is 2.72. The lowest BCUT2D eigenvalue weighted by Gasteiger charge is -2.25. The van der Waals surface area contributed by atoms with Crippen molar-refractivity contribution in [3.63, 3.8) is 0 Å². The van der Waals surface area contributed by atoms with E-state index in [-0.39, 0.29) is 31.5 Å². The summed E-state index contributed by atoms with van der Waals surface area (Å²) in [6, 6.07) is 7.57. The van der Waals surface area contributed by atoms with Gasteiger partial charge in [0.2, 0.25) is 5.91 Å². The molecule has 0 spiro atoms. The van der Waals surface area contributed by atoms with E-state index >= 15 is 0 Å². The lowest BCUT2D eigenvalue weighted by atomic mass is 10.1. The van der Waals surface area contributed by atoms with Crippen molar-refractivity contribution >= 4 is 16.7 Å². The minimum Gasteiger partial charge on any atom is -0.346 e.